The molecule has 2 aromatic rings. The number of thioether (sulfide) groups is 1. The van der Waals surface area contributed by atoms with E-state index < -0.39 is 0 Å². The lowest BCUT2D eigenvalue weighted by Crippen LogP contribution is -1.91. The highest BCUT2D eigenvalue weighted by Crippen LogP contribution is 2.23. The molecule has 0 amide bonds. The number of fused-ring (bicyclic) bond motifs is 1. The Kier molecular flexibility index (Phi) is 3.53. The molecule has 1 heterocycles. The van der Waals surface area contributed by atoms with Gasteiger partial charge < -0.3 is 4.74 Å². The van der Waals surface area contributed by atoms with Crippen LogP contribution in [0.5, 0.6) is 0 Å². The summed E-state index contributed by atoms with van der Waals surface area (Å²) in [6.07, 6.45) is 1.59. The van der Waals surface area contributed by atoms with Crippen molar-refractivity contribution in [1.29, 1.82) is 0 Å². The maximum absolute atomic E-state index is 5.29. The second-order valence-electron chi connectivity index (χ2n) is 2.95. The molecule has 0 N–H and O–H groups in total. The van der Waals surface area contributed by atoms with Crippen molar-refractivity contribution in [2.75, 3.05) is 12.5 Å². The Hall–Kier alpha value is -1.13. The first-order valence-electron chi connectivity index (χ1n) is 4.82. The lowest BCUT2D eigenvalue weighted by molar-refractivity contribution is 0.199. The van der Waals surface area contributed by atoms with Crippen molar-refractivity contribution in [1.82, 2.24) is 9.97 Å². The minimum atomic E-state index is 0.636. The van der Waals surface area contributed by atoms with E-state index in [2.05, 4.69) is 9.97 Å². The molecule has 1 aromatic carbocycles. The molecule has 0 aliphatic carbocycles. The Balaban J connectivity index is 2.26. The van der Waals surface area contributed by atoms with Crippen LogP contribution >= 0.6 is 11.8 Å². The van der Waals surface area contributed by atoms with E-state index in [4.69, 9.17) is 4.74 Å². The number of rotatable bonds is 4. The predicted molar refractivity (Wildman–Crippen MR) is 61.9 cm³/mol. The molecule has 0 saturated carbocycles. The van der Waals surface area contributed by atoms with Gasteiger partial charge in [0, 0.05) is 12.0 Å². The van der Waals surface area contributed by atoms with E-state index in [-0.39, 0.29) is 0 Å². The van der Waals surface area contributed by atoms with Crippen molar-refractivity contribution in [2.24, 2.45) is 0 Å². The normalized spacial score (nSPS) is 10.7. The van der Waals surface area contributed by atoms with Crippen LogP contribution in [0, 0.1) is 0 Å². The van der Waals surface area contributed by atoms with E-state index in [0.29, 0.717) is 5.94 Å². The number of hydrogen-bond donors (Lipinski definition) is 0. The number of ether oxygens (including phenoxy) is 1. The fourth-order valence-corrected chi connectivity index (χ4v) is 2.09. The number of para-hydroxylation sites is 1. The molecule has 0 aliphatic heterocycles. The first-order valence-corrected chi connectivity index (χ1v) is 5.80. The van der Waals surface area contributed by atoms with Crippen molar-refractivity contribution in [3.63, 3.8) is 0 Å². The summed E-state index contributed by atoms with van der Waals surface area (Å²) in [5.41, 5.74) is 0.978. The van der Waals surface area contributed by atoms with Crippen molar-refractivity contribution in [2.45, 2.75) is 11.9 Å². The zero-order chi connectivity index (χ0) is 10.5. The van der Waals surface area contributed by atoms with Crippen LogP contribution in [0.4, 0.5) is 0 Å². The molecule has 1 aromatic heterocycles. The molecule has 15 heavy (non-hydrogen) atoms. The molecule has 0 spiro atoms. The van der Waals surface area contributed by atoms with E-state index in [1.807, 2.05) is 31.2 Å². The highest BCUT2D eigenvalue weighted by atomic mass is 32.2. The molecule has 0 radical (unpaired) electrons. The first-order chi connectivity index (χ1) is 7.42. The minimum Gasteiger partial charge on any atom is -0.371 e. The van der Waals surface area contributed by atoms with Crippen molar-refractivity contribution < 1.29 is 4.74 Å². The van der Waals surface area contributed by atoms with Gasteiger partial charge in [-0.1, -0.05) is 30.0 Å². The van der Waals surface area contributed by atoms with Gasteiger partial charge in [0.1, 0.15) is 11.4 Å². The van der Waals surface area contributed by atoms with E-state index >= 15 is 0 Å². The van der Waals surface area contributed by atoms with Crippen LogP contribution in [-0.4, -0.2) is 22.5 Å². The molecule has 3 nitrogen and oxygen atoms in total. The van der Waals surface area contributed by atoms with Gasteiger partial charge >= 0.3 is 0 Å². The number of hydrogen-bond acceptors (Lipinski definition) is 4. The summed E-state index contributed by atoms with van der Waals surface area (Å²) in [4.78, 5) is 8.46. The molecule has 0 bridgehead atoms. The molecule has 2 rings (SSSR count). The van der Waals surface area contributed by atoms with Crippen LogP contribution in [0.25, 0.3) is 10.9 Å². The molecule has 0 saturated heterocycles. The zero-order valence-electron chi connectivity index (χ0n) is 8.51. The number of aromatic nitrogens is 2. The van der Waals surface area contributed by atoms with Gasteiger partial charge in [-0.05, 0) is 13.0 Å². The Labute approximate surface area is 92.9 Å². The fraction of sp³-hybridized carbons (Fsp3) is 0.273. The Morgan fingerprint density at radius 3 is 3.00 bits per heavy atom. The Morgan fingerprint density at radius 2 is 2.13 bits per heavy atom. The highest BCUT2D eigenvalue weighted by Gasteiger charge is 2.02. The maximum Gasteiger partial charge on any atom is 0.117 e. The number of nitrogens with zero attached hydrogens (tertiary/aromatic N) is 2. The summed E-state index contributed by atoms with van der Waals surface area (Å²) in [7, 11) is 0. The average molecular weight is 220 g/mol. The Bertz CT molecular complexity index is 442. The Morgan fingerprint density at radius 1 is 1.27 bits per heavy atom. The lowest BCUT2D eigenvalue weighted by atomic mass is 10.2. The quantitative estimate of drug-likeness (QED) is 0.343. The molecule has 0 aliphatic rings. The van der Waals surface area contributed by atoms with Crippen LogP contribution in [0.2, 0.25) is 0 Å². The van der Waals surface area contributed by atoms with Crippen LogP contribution < -0.4 is 0 Å². The standard InChI is InChI=1S/C11H12N2OS/c1-2-14-8-15-11-9-5-3-4-6-10(9)12-7-13-11/h3-7H,2,8H2,1H3. The van der Waals surface area contributed by atoms with E-state index in [9.17, 15) is 0 Å². The summed E-state index contributed by atoms with van der Waals surface area (Å²) in [5.74, 6) is 0.636. The maximum atomic E-state index is 5.29. The van der Waals surface area contributed by atoms with Crippen molar-refractivity contribution in [3.05, 3.63) is 30.6 Å². The van der Waals surface area contributed by atoms with Crippen LogP contribution in [0.1, 0.15) is 6.92 Å². The van der Waals surface area contributed by atoms with Gasteiger partial charge in [0.25, 0.3) is 0 Å². The average Bonchev–Trinajstić information content (AvgIpc) is 2.30. The monoisotopic (exact) mass is 220 g/mol. The predicted octanol–water partition coefficient (Wildman–Crippen LogP) is 2.72. The van der Waals surface area contributed by atoms with E-state index in [0.717, 1.165) is 22.5 Å². The molecular weight excluding hydrogens is 208 g/mol. The van der Waals surface area contributed by atoms with Gasteiger partial charge in [0.2, 0.25) is 0 Å². The molecule has 0 atom stereocenters. The van der Waals surface area contributed by atoms with Crippen LogP contribution in [0.15, 0.2) is 35.6 Å². The van der Waals surface area contributed by atoms with Gasteiger partial charge in [-0.2, -0.15) is 0 Å². The summed E-state index contributed by atoms with van der Waals surface area (Å²) >= 11 is 1.60. The first kappa shape index (κ1) is 10.4. The third-order valence-corrected chi connectivity index (χ3v) is 2.87. The topological polar surface area (TPSA) is 35.0 Å². The van der Waals surface area contributed by atoms with Crippen molar-refractivity contribution >= 4 is 22.7 Å². The molecule has 4 heteroatoms. The van der Waals surface area contributed by atoms with Gasteiger partial charge in [0.05, 0.1) is 11.5 Å². The summed E-state index contributed by atoms with van der Waals surface area (Å²) in [5, 5.41) is 2.07. The molecular formula is C11H12N2OS. The summed E-state index contributed by atoms with van der Waals surface area (Å²) in [6.45, 7) is 2.72. The van der Waals surface area contributed by atoms with Gasteiger partial charge in [-0.15, -0.1) is 0 Å². The molecule has 78 valence electrons. The van der Waals surface area contributed by atoms with Gasteiger partial charge in [-0.25, -0.2) is 9.97 Å². The van der Waals surface area contributed by atoms with E-state index in [1.54, 1.807) is 18.1 Å². The van der Waals surface area contributed by atoms with Crippen molar-refractivity contribution in [3.8, 4) is 0 Å². The lowest BCUT2D eigenvalue weighted by Gasteiger charge is -2.03. The SMILES string of the molecule is CCOCSc1ncnc2ccccc12. The summed E-state index contributed by atoms with van der Waals surface area (Å²) in [6, 6.07) is 7.99. The van der Waals surface area contributed by atoms with Gasteiger partial charge in [-0.3, -0.25) is 0 Å². The second kappa shape index (κ2) is 5.09. The summed E-state index contributed by atoms with van der Waals surface area (Å²) < 4.78 is 5.29. The molecule has 0 fully saturated rings. The zero-order valence-corrected chi connectivity index (χ0v) is 9.33. The van der Waals surface area contributed by atoms with Gasteiger partial charge in [0.15, 0.2) is 0 Å². The van der Waals surface area contributed by atoms with Crippen LogP contribution in [0.3, 0.4) is 0 Å². The number of benzene rings is 1. The third kappa shape index (κ3) is 2.46. The highest BCUT2D eigenvalue weighted by molar-refractivity contribution is 7.99. The smallest absolute Gasteiger partial charge is 0.117 e. The molecule has 0 unspecified atom stereocenters. The minimum absolute atomic E-state index is 0.636. The van der Waals surface area contributed by atoms with E-state index in [1.165, 1.54) is 0 Å². The largest absolute Gasteiger partial charge is 0.371 e. The fourth-order valence-electron chi connectivity index (χ4n) is 1.28. The third-order valence-electron chi connectivity index (χ3n) is 1.99. The van der Waals surface area contributed by atoms with Crippen LogP contribution in [-0.2, 0) is 4.74 Å². The second-order valence-corrected chi connectivity index (χ2v) is 3.86.